The SMILES string of the molecule is CC1CCN(C(C)C(=O)N2CCCCC2)CC1. The molecule has 3 nitrogen and oxygen atoms in total. The number of piperidine rings is 2. The first-order chi connectivity index (χ1) is 8.18. The summed E-state index contributed by atoms with van der Waals surface area (Å²) in [6.07, 6.45) is 6.17. The largest absolute Gasteiger partial charge is 0.341 e. The van der Waals surface area contributed by atoms with Crippen molar-refractivity contribution in [2.24, 2.45) is 5.92 Å². The minimum atomic E-state index is 0.0978. The lowest BCUT2D eigenvalue weighted by Gasteiger charge is -2.37. The zero-order chi connectivity index (χ0) is 12.3. The third-order valence-electron chi connectivity index (χ3n) is 4.39. The highest BCUT2D eigenvalue weighted by atomic mass is 16.2. The Kier molecular flexibility index (Phi) is 4.43. The van der Waals surface area contributed by atoms with E-state index in [1.165, 1.54) is 32.1 Å². The van der Waals surface area contributed by atoms with Gasteiger partial charge in [0.1, 0.15) is 0 Å². The van der Waals surface area contributed by atoms with Gasteiger partial charge in [0.05, 0.1) is 6.04 Å². The van der Waals surface area contributed by atoms with Crippen LogP contribution in [0.4, 0.5) is 0 Å². The average molecular weight is 238 g/mol. The van der Waals surface area contributed by atoms with Crippen LogP contribution in [0.25, 0.3) is 0 Å². The Labute approximate surface area is 105 Å². The van der Waals surface area contributed by atoms with Crippen molar-refractivity contribution >= 4 is 5.91 Å². The van der Waals surface area contributed by atoms with Gasteiger partial charge in [-0.05, 0) is 58.0 Å². The number of likely N-dealkylation sites (tertiary alicyclic amines) is 2. The zero-order valence-corrected chi connectivity index (χ0v) is 11.3. The molecule has 0 bridgehead atoms. The monoisotopic (exact) mass is 238 g/mol. The van der Waals surface area contributed by atoms with Crippen LogP contribution in [0.5, 0.6) is 0 Å². The Morgan fingerprint density at radius 2 is 1.65 bits per heavy atom. The fourth-order valence-corrected chi connectivity index (χ4v) is 2.95. The van der Waals surface area contributed by atoms with Crippen molar-refractivity contribution in [3.8, 4) is 0 Å². The molecule has 0 aromatic heterocycles. The summed E-state index contributed by atoms with van der Waals surface area (Å²) in [7, 11) is 0. The minimum Gasteiger partial charge on any atom is -0.341 e. The molecule has 0 saturated carbocycles. The summed E-state index contributed by atoms with van der Waals surface area (Å²) in [5.41, 5.74) is 0. The van der Waals surface area contributed by atoms with E-state index >= 15 is 0 Å². The lowest BCUT2D eigenvalue weighted by atomic mass is 9.98. The standard InChI is InChI=1S/C14H26N2O/c1-12-6-10-15(11-7-12)13(2)14(17)16-8-4-3-5-9-16/h12-13H,3-11H2,1-2H3. The molecule has 2 aliphatic rings. The van der Waals surface area contributed by atoms with Crippen molar-refractivity contribution in [1.29, 1.82) is 0 Å². The molecule has 3 heteroatoms. The molecule has 2 fully saturated rings. The highest BCUT2D eigenvalue weighted by molar-refractivity contribution is 5.81. The van der Waals surface area contributed by atoms with Crippen molar-refractivity contribution in [1.82, 2.24) is 9.80 Å². The first-order valence-corrected chi connectivity index (χ1v) is 7.21. The van der Waals surface area contributed by atoms with Crippen molar-refractivity contribution in [3.05, 3.63) is 0 Å². The summed E-state index contributed by atoms with van der Waals surface area (Å²) >= 11 is 0. The van der Waals surface area contributed by atoms with E-state index in [4.69, 9.17) is 0 Å². The molecule has 98 valence electrons. The van der Waals surface area contributed by atoms with Gasteiger partial charge in [-0.15, -0.1) is 0 Å². The first-order valence-electron chi connectivity index (χ1n) is 7.21. The Morgan fingerprint density at radius 1 is 1.06 bits per heavy atom. The van der Waals surface area contributed by atoms with Crippen LogP contribution in [-0.4, -0.2) is 47.9 Å². The third kappa shape index (κ3) is 3.21. The predicted molar refractivity (Wildman–Crippen MR) is 69.9 cm³/mol. The normalized spacial score (nSPS) is 25.9. The number of hydrogen-bond donors (Lipinski definition) is 0. The number of amides is 1. The maximum atomic E-state index is 12.4. The second-order valence-electron chi connectivity index (χ2n) is 5.78. The summed E-state index contributed by atoms with van der Waals surface area (Å²) in [4.78, 5) is 16.8. The number of rotatable bonds is 2. The van der Waals surface area contributed by atoms with E-state index in [1.54, 1.807) is 0 Å². The molecule has 2 heterocycles. The molecule has 0 aromatic rings. The molecule has 0 N–H and O–H groups in total. The average Bonchev–Trinajstić information content (AvgIpc) is 2.39. The molecule has 1 atom stereocenters. The summed E-state index contributed by atoms with van der Waals surface area (Å²) in [6.45, 7) is 8.56. The number of carbonyl (C=O) groups excluding carboxylic acids is 1. The summed E-state index contributed by atoms with van der Waals surface area (Å²) in [6, 6.07) is 0.0978. The first kappa shape index (κ1) is 12.9. The van der Waals surface area contributed by atoms with Crippen LogP contribution < -0.4 is 0 Å². The lowest BCUT2D eigenvalue weighted by molar-refractivity contribution is -0.137. The van der Waals surface area contributed by atoms with E-state index in [2.05, 4.69) is 23.6 Å². The third-order valence-corrected chi connectivity index (χ3v) is 4.39. The van der Waals surface area contributed by atoms with Crippen LogP contribution >= 0.6 is 0 Å². The summed E-state index contributed by atoms with van der Waals surface area (Å²) < 4.78 is 0. The fraction of sp³-hybridized carbons (Fsp3) is 0.929. The van der Waals surface area contributed by atoms with Gasteiger partial charge < -0.3 is 4.90 Å². The molecule has 2 aliphatic heterocycles. The number of carbonyl (C=O) groups is 1. The van der Waals surface area contributed by atoms with Gasteiger partial charge in [-0.3, -0.25) is 9.69 Å². The van der Waals surface area contributed by atoms with Gasteiger partial charge in [-0.25, -0.2) is 0 Å². The summed E-state index contributed by atoms with van der Waals surface area (Å²) in [5, 5.41) is 0. The van der Waals surface area contributed by atoms with Crippen molar-refractivity contribution in [2.75, 3.05) is 26.2 Å². The van der Waals surface area contributed by atoms with E-state index in [9.17, 15) is 4.79 Å². The highest BCUT2D eigenvalue weighted by Gasteiger charge is 2.28. The van der Waals surface area contributed by atoms with Crippen molar-refractivity contribution in [3.63, 3.8) is 0 Å². The van der Waals surface area contributed by atoms with Crippen LogP contribution in [0.1, 0.15) is 46.0 Å². The molecular formula is C14H26N2O. The predicted octanol–water partition coefficient (Wildman–Crippen LogP) is 2.12. The van der Waals surface area contributed by atoms with Crippen molar-refractivity contribution in [2.45, 2.75) is 52.0 Å². The topological polar surface area (TPSA) is 23.6 Å². The van der Waals surface area contributed by atoms with Crippen LogP contribution in [0.3, 0.4) is 0 Å². The quantitative estimate of drug-likeness (QED) is 0.735. The Bertz CT molecular complexity index is 253. The molecule has 1 unspecified atom stereocenters. The molecule has 2 rings (SSSR count). The molecule has 1 amide bonds. The van der Waals surface area contributed by atoms with Gasteiger partial charge in [0, 0.05) is 13.1 Å². The Hall–Kier alpha value is -0.570. The van der Waals surface area contributed by atoms with E-state index < -0.39 is 0 Å². The Balaban J connectivity index is 1.85. The molecule has 0 aliphatic carbocycles. The maximum absolute atomic E-state index is 12.4. The van der Waals surface area contributed by atoms with Crippen LogP contribution in [0.2, 0.25) is 0 Å². The van der Waals surface area contributed by atoms with Crippen LogP contribution in [0.15, 0.2) is 0 Å². The van der Waals surface area contributed by atoms with Crippen LogP contribution in [0, 0.1) is 5.92 Å². The molecular weight excluding hydrogens is 212 g/mol. The van der Waals surface area contributed by atoms with Gasteiger partial charge in [-0.2, -0.15) is 0 Å². The second-order valence-corrected chi connectivity index (χ2v) is 5.78. The highest BCUT2D eigenvalue weighted by Crippen LogP contribution is 2.19. The zero-order valence-electron chi connectivity index (χ0n) is 11.3. The summed E-state index contributed by atoms with van der Waals surface area (Å²) in [5.74, 6) is 1.20. The second kappa shape index (κ2) is 5.85. The van der Waals surface area contributed by atoms with E-state index in [-0.39, 0.29) is 6.04 Å². The maximum Gasteiger partial charge on any atom is 0.239 e. The van der Waals surface area contributed by atoms with E-state index in [0.717, 1.165) is 32.1 Å². The molecule has 2 saturated heterocycles. The lowest BCUT2D eigenvalue weighted by Crippen LogP contribution is -2.50. The molecule has 0 radical (unpaired) electrons. The van der Waals surface area contributed by atoms with Gasteiger partial charge in [-0.1, -0.05) is 6.92 Å². The van der Waals surface area contributed by atoms with E-state index in [0.29, 0.717) is 5.91 Å². The smallest absolute Gasteiger partial charge is 0.239 e. The van der Waals surface area contributed by atoms with Gasteiger partial charge >= 0.3 is 0 Å². The van der Waals surface area contributed by atoms with Crippen molar-refractivity contribution < 1.29 is 4.79 Å². The molecule has 0 aromatic carbocycles. The molecule has 0 spiro atoms. The van der Waals surface area contributed by atoms with E-state index in [1.807, 2.05) is 0 Å². The fourth-order valence-electron chi connectivity index (χ4n) is 2.95. The number of nitrogens with zero attached hydrogens (tertiary/aromatic N) is 2. The van der Waals surface area contributed by atoms with Gasteiger partial charge in [0.2, 0.25) is 5.91 Å². The van der Waals surface area contributed by atoms with Gasteiger partial charge in [0.25, 0.3) is 0 Å². The number of hydrogen-bond acceptors (Lipinski definition) is 2. The van der Waals surface area contributed by atoms with Crippen LogP contribution in [-0.2, 0) is 4.79 Å². The van der Waals surface area contributed by atoms with Gasteiger partial charge in [0.15, 0.2) is 0 Å². The Morgan fingerprint density at radius 3 is 2.24 bits per heavy atom. The minimum absolute atomic E-state index is 0.0978. The molecule has 17 heavy (non-hydrogen) atoms.